The minimum absolute atomic E-state index is 0.120. The molecule has 3 nitrogen and oxygen atoms in total. The Morgan fingerprint density at radius 2 is 2.09 bits per heavy atom. The lowest BCUT2D eigenvalue weighted by atomic mass is 9.74. The van der Waals surface area contributed by atoms with Gasteiger partial charge in [-0.15, -0.1) is 0 Å². The lowest BCUT2D eigenvalue weighted by molar-refractivity contribution is -0.124. The van der Waals surface area contributed by atoms with Crippen LogP contribution in [0.25, 0.3) is 0 Å². The molecule has 0 heterocycles. The molecule has 1 N–H and O–H groups in total. The Hall–Kier alpha value is -1.58. The Balaban J connectivity index is 1.88. The Morgan fingerprint density at radius 3 is 2.77 bits per heavy atom. The first-order chi connectivity index (χ1) is 10.5. The SMILES string of the molecule is CC1CCC(C(C)C)C(NC(=O)COc2ccccc2F)C1. The number of halogens is 1. The molecule has 0 bridgehead atoms. The number of hydrogen-bond donors (Lipinski definition) is 1. The van der Waals surface area contributed by atoms with Crippen LogP contribution in [0.5, 0.6) is 5.75 Å². The molecule has 1 fully saturated rings. The highest BCUT2D eigenvalue weighted by Crippen LogP contribution is 2.33. The Labute approximate surface area is 132 Å². The van der Waals surface area contributed by atoms with E-state index >= 15 is 0 Å². The molecule has 4 heteroatoms. The summed E-state index contributed by atoms with van der Waals surface area (Å²) in [5.74, 6) is 1.19. The van der Waals surface area contributed by atoms with Gasteiger partial charge in [0.1, 0.15) is 0 Å². The lowest BCUT2D eigenvalue weighted by Gasteiger charge is -2.37. The summed E-state index contributed by atoms with van der Waals surface area (Å²) in [6.07, 6.45) is 3.38. The van der Waals surface area contributed by atoms with E-state index in [1.807, 2.05) is 0 Å². The van der Waals surface area contributed by atoms with E-state index in [9.17, 15) is 9.18 Å². The van der Waals surface area contributed by atoms with Gasteiger partial charge in [-0.2, -0.15) is 0 Å². The first-order valence-corrected chi connectivity index (χ1v) is 8.14. The van der Waals surface area contributed by atoms with Crippen molar-refractivity contribution in [1.82, 2.24) is 5.32 Å². The van der Waals surface area contributed by atoms with Crippen molar-refractivity contribution in [1.29, 1.82) is 0 Å². The number of nitrogens with one attached hydrogen (secondary N) is 1. The number of amides is 1. The van der Waals surface area contributed by atoms with Crippen LogP contribution in [0.2, 0.25) is 0 Å². The fraction of sp³-hybridized carbons (Fsp3) is 0.611. The number of hydrogen-bond acceptors (Lipinski definition) is 2. The number of carbonyl (C=O) groups excluding carboxylic acids is 1. The number of ether oxygens (including phenoxy) is 1. The van der Waals surface area contributed by atoms with Gasteiger partial charge in [-0.1, -0.05) is 39.3 Å². The Bertz CT molecular complexity index is 504. The minimum atomic E-state index is -0.443. The molecule has 1 aromatic carbocycles. The second-order valence-electron chi connectivity index (χ2n) is 6.72. The summed E-state index contributed by atoms with van der Waals surface area (Å²) in [7, 11) is 0. The molecule has 3 atom stereocenters. The van der Waals surface area contributed by atoms with E-state index in [2.05, 4.69) is 26.1 Å². The van der Waals surface area contributed by atoms with Crippen molar-refractivity contribution in [2.75, 3.05) is 6.61 Å². The quantitative estimate of drug-likeness (QED) is 0.899. The maximum absolute atomic E-state index is 13.5. The highest BCUT2D eigenvalue weighted by molar-refractivity contribution is 5.77. The van der Waals surface area contributed by atoms with Crippen molar-refractivity contribution >= 4 is 5.91 Å². The molecule has 22 heavy (non-hydrogen) atoms. The number of rotatable bonds is 5. The van der Waals surface area contributed by atoms with Gasteiger partial charge in [0.05, 0.1) is 0 Å². The molecule has 0 spiro atoms. The van der Waals surface area contributed by atoms with E-state index in [0.29, 0.717) is 17.8 Å². The van der Waals surface area contributed by atoms with E-state index in [-0.39, 0.29) is 24.3 Å². The third kappa shape index (κ3) is 4.46. The van der Waals surface area contributed by atoms with Crippen molar-refractivity contribution in [3.63, 3.8) is 0 Å². The highest BCUT2D eigenvalue weighted by atomic mass is 19.1. The van der Waals surface area contributed by atoms with E-state index in [1.165, 1.54) is 18.6 Å². The van der Waals surface area contributed by atoms with Crippen LogP contribution in [0.4, 0.5) is 4.39 Å². The zero-order chi connectivity index (χ0) is 16.1. The van der Waals surface area contributed by atoms with Crippen LogP contribution in [0.15, 0.2) is 24.3 Å². The van der Waals surface area contributed by atoms with Gasteiger partial charge >= 0.3 is 0 Å². The Morgan fingerprint density at radius 1 is 1.36 bits per heavy atom. The maximum atomic E-state index is 13.5. The van der Waals surface area contributed by atoms with Gasteiger partial charge in [-0.3, -0.25) is 4.79 Å². The number of benzene rings is 1. The summed E-state index contributed by atoms with van der Waals surface area (Å²) in [5, 5.41) is 3.08. The summed E-state index contributed by atoms with van der Waals surface area (Å²) in [5.41, 5.74) is 0. The van der Waals surface area contributed by atoms with Crippen molar-refractivity contribution in [3.8, 4) is 5.75 Å². The van der Waals surface area contributed by atoms with Crippen LogP contribution in [0.1, 0.15) is 40.0 Å². The third-order valence-electron chi connectivity index (χ3n) is 4.56. The largest absolute Gasteiger partial charge is 0.481 e. The molecule has 122 valence electrons. The van der Waals surface area contributed by atoms with Gasteiger partial charge in [0.25, 0.3) is 5.91 Å². The van der Waals surface area contributed by atoms with Crippen molar-refractivity contribution < 1.29 is 13.9 Å². The first-order valence-electron chi connectivity index (χ1n) is 8.14. The molecular formula is C18H26FNO2. The topological polar surface area (TPSA) is 38.3 Å². The predicted molar refractivity (Wildman–Crippen MR) is 85.2 cm³/mol. The second kappa shape index (κ2) is 7.61. The number of carbonyl (C=O) groups is 1. The molecule has 0 aliphatic heterocycles. The monoisotopic (exact) mass is 307 g/mol. The van der Waals surface area contributed by atoms with E-state index in [1.54, 1.807) is 12.1 Å². The molecule has 0 radical (unpaired) electrons. The fourth-order valence-electron chi connectivity index (χ4n) is 3.32. The van der Waals surface area contributed by atoms with E-state index in [0.717, 1.165) is 12.8 Å². The third-order valence-corrected chi connectivity index (χ3v) is 4.56. The first kappa shape index (κ1) is 16.8. The van der Waals surface area contributed by atoms with Crippen molar-refractivity contribution in [2.45, 2.75) is 46.1 Å². The smallest absolute Gasteiger partial charge is 0.258 e. The van der Waals surface area contributed by atoms with Gasteiger partial charge in [0.2, 0.25) is 0 Å². The molecule has 3 unspecified atom stereocenters. The zero-order valence-corrected chi connectivity index (χ0v) is 13.6. The van der Waals surface area contributed by atoms with Crippen LogP contribution in [0, 0.1) is 23.6 Å². The maximum Gasteiger partial charge on any atom is 0.258 e. The average molecular weight is 307 g/mol. The second-order valence-corrected chi connectivity index (χ2v) is 6.72. The molecule has 1 saturated carbocycles. The zero-order valence-electron chi connectivity index (χ0n) is 13.6. The van der Waals surface area contributed by atoms with E-state index < -0.39 is 5.82 Å². The molecule has 1 amide bonds. The predicted octanol–water partition coefficient (Wildman–Crippen LogP) is 3.78. The Kier molecular flexibility index (Phi) is 5.81. The van der Waals surface area contributed by atoms with Crippen LogP contribution in [-0.2, 0) is 4.79 Å². The van der Waals surface area contributed by atoms with Gasteiger partial charge in [0, 0.05) is 6.04 Å². The van der Waals surface area contributed by atoms with Crippen molar-refractivity contribution in [3.05, 3.63) is 30.1 Å². The number of para-hydroxylation sites is 1. The van der Waals surface area contributed by atoms with Crippen LogP contribution >= 0.6 is 0 Å². The highest BCUT2D eigenvalue weighted by Gasteiger charge is 2.31. The lowest BCUT2D eigenvalue weighted by Crippen LogP contribution is -2.47. The molecule has 0 aromatic heterocycles. The molecule has 0 saturated heterocycles. The molecule has 1 aromatic rings. The minimum Gasteiger partial charge on any atom is -0.481 e. The standard InChI is InChI=1S/C18H26FNO2/c1-12(2)14-9-8-13(3)10-16(14)20-18(21)11-22-17-7-5-4-6-15(17)19/h4-7,12-14,16H,8-11H2,1-3H3,(H,20,21). The van der Waals surface area contributed by atoms with Gasteiger partial charge < -0.3 is 10.1 Å². The van der Waals surface area contributed by atoms with Crippen molar-refractivity contribution in [2.24, 2.45) is 17.8 Å². The fourth-order valence-corrected chi connectivity index (χ4v) is 3.32. The van der Waals surface area contributed by atoms with Gasteiger partial charge in [0.15, 0.2) is 18.2 Å². The summed E-state index contributed by atoms with van der Waals surface area (Å²) < 4.78 is 18.7. The molecule has 1 aliphatic carbocycles. The summed E-state index contributed by atoms with van der Waals surface area (Å²) in [4.78, 5) is 12.1. The summed E-state index contributed by atoms with van der Waals surface area (Å²) in [6, 6.07) is 6.33. The molecule has 1 aliphatic rings. The van der Waals surface area contributed by atoms with Crippen LogP contribution in [-0.4, -0.2) is 18.6 Å². The van der Waals surface area contributed by atoms with Gasteiger partial charge in [-0.25, -0.2) is 4.39 Å². The van der Waals surface area contributed by atoms with E-state index in [4.69, 9.17) is 4.74 Å². The van der Waals surface area contributed by atoms with Crippen LogP contribution in [0.3, 0.4) is 0 Å². The summed E-state index contributed by atoms with van der Waals surface area (Å²) in [6.45, 7) is 6.49. The average Bonchev–Trinajstić information content (AvgIpc) is 2.46. The van der Waals surface area contributed by atoms with Crippen LogP contribution < -0.4 is 10.1 Å². The molecule has 2 rings (SSSR count). The van der Waals surface area contributed by atoms with Gasteiger partial charge in [-0.05, 0) is 42.7 Å². The molecular weight excluding hydrogens is 281 g/mol. The summed E-state index contributed by atoms with van der Waals surface area (Å²) >= 11 is 0. The normalized spacial score (nSPS) is 25.0.